The van der Waals surface area contributed by atoms with Crippen molar-refractivity contribution >= 4 is 10.0 Å². The molecule has 116 valence electrons. The van der Waals surface area contributed by atoms with E-state index in [0.29, 0.717) is 12.5 Å². The summed E-state index contributed by atoms with van der Waals surface area (Å²) in [6.45, 7) is 12.8. The maximum Gasteiger partial charge on any atom is 0.211 e. The first-order chi connectivity index (χ1) is 8.29. The second-order valence-corrected chi connectivity index (χ2v) is 8.96. The van der Waals surface area contributed by atoms with Crippen molar-refractivity contribution in [2.45, 2.75) is 65.5 Å². The Morgan fingerprint density at radius 1 is 1.16 bits per heavy atom. The molecule has 0 bridgehead atoms. The van der Waals surface area contributed by atoms with Crippen LogP contribution in [0.3, 0.4) is 0 Å². The van der Waals surface area contributed by atoms with Crippen molar-refractivity contribution in [3.8, 4) is 0 Å². The van der Waals surface area contributed by atoms with Gasteiger partial charge in [-0.25, -0.2) is 8.42 Å². The van der Waals surface area contributed by atoms with Crippen LogP contribution in [0, 0.1) is 5.92 Å². The summed E-state index contributed by atoms with van der Waals surface area (Å²) in [5, 5.41) is 0. The van der Waals surface area contributed by atoms with Crippen LogP contribution in [0.2, 0.25) is 0 Å². The van der Waals surface area contributed by atoms with Crippen LogP contribution in [-0.2, 0) is 14.8 Å². The van der Waals surface area contributed by atoms with Crippen LogP contribution in [0.25, 0.3) is 0 Å². The zero-order valence-corrected chi connectivity index (χ0v) is 14.6. The van der Waals surface area contributed by atoms with Crippen molar-refractivity contribution < 1.29 is 13.2 Å². The quantitative estimate of drug-likeness (QED) is 0.725. The summed E-state index contributed by atoms with van der Waals surface area (Å²) in [6, 6.07) is 0. The predicted octanol–water partition coefficient (Wildman–Crippen LogP) is 2.89. The van der Waals surface area contributed by atoms with E-state index >= 15 is 0 Å². The van der Waals surface area contributed by atoms with Gasteiger partial charge in [0.05, 0.1) is 18.5 Å². The van der Waals surface area contributed by atoms with E-state index in [9.17, 15) is 8.42 Å². The SMILES string of the molecule is CCC(COC(C)(C)C)CC(C)(C)N(C)S(C)(=O)=O. The van der Waals surface area contributed by atoms with Crippen LogP contribution < -0.4 is 0 Å². The molecule has 0 spiro atoms. The first-order valence-electron chi connectivity index (χ1n) is 6.87. The van der Waals surface area contributed by atoms with Crippen molar-refractivity contribution in [3.63, 3.8) is 0 Å². The van der Waals surface area contributed by atoms with Gasteiger partial charge in [-0.05, 0) is 47.0 Å². The van der Waals surface area contributed by atoms with Crippen molar-refractivity contribution in [2.75, 3.05) is 19.9 Å². The normalized spacial score (nSPS) is 15.8. The van der Waals surface area contributed by atoms with E-state index in [1.807, 2.05) is 34.6 Å². The fourth-order valence-electron chi connectivity index (χ4n) is 1.97. The van der Waals surface area contributed by atoms with E-state index in [4.69, 9.17) is 4.74 Å². The Hall–Kier alpha value is -0.130. The lowest BCUT2D eigenvalue weighted by Gasteiger charge is -2.37. The molecule has 0 fully saturated rings. The highest BCUT2D eigenvalue weighted by Gasteiger charge is 2.32. The van der Waals surface area contributed by atoms with Crippen LogP contribution in [0.5, 0.6) is 0 Å². The van der Waals surface area contributed by atoms with Gasteiger partial charge in [-0.1, -0.05) is 13.3 Å². The predicted molar refractivity (Wildman–Crippen MR) is 80.8 cm³/mol. The highest BCUT2D eigenvalue weighted by atomic mass is 32.2. The average molecular weight is 293 g/mol. The minimum absolute atomic E-state index is 0.152. The van der Waals surface area contributed by atoms with Gasteiger partial charge in [0.2, 0.25) is 10.0 Å². The molecule has 0 N–H and O–H groups in total. The molecule has 0 aliphatic rings. The molecule has 0 aromatic heterocycles. The van der Waals surface area contributed by atoms with Gasteiger partial charge in [0.15, 0.2) is 0 Å². The molecule has 0 rings (SSSR count). The fourth-order valence-corrected chi connectivity index (χ4v) is 2.95. The molecule has 0 aliphatic carbocycles. The summed E-state index contributed by atoms with van der Waals surface area (Å²) in [7, 11) is -1.52. The molecule has 0 radical (unpaired) electrons. The lowest BCUT2D eigenvalue weighted by atomic mass is 9.89. The number of hydrogen-bond donors (Lipinski definition) is 0. The lowest BCUT2D eigenvalue weighted by Crippen LogP contribution is -2.46. The van der Waals surface area contributed by atoms with Crippen molar-refractivity contribution in [2.24, 2.45) is 5.92 Å². The van der Waals surface area contributed by atoms with Crippen LogP contribution in [-0.4, -0.2) is 43.8 Å². The Labute approximate surface area is 119 Å². The topological polar surface area (TPSA) is 46.6 Å². The maximum atomic E-state index is 11.7. The first-order valence-corrected chi connectivity index (χ1v) is 8.72. The third-order valence-electron chi connectivity index (χ3n) is 3.47. The Morgan fingerprint density at radius 2 is 1.63 bits per heavy atom. The van der Waals surface area contributed by atoms with Crippen LogP contribution in [0.4, 0.5) is 0 Å². The van der Waals surface area contributed by atoms with Crippen molar-refractivity contribution in [1.29, 1.82) is 0 Å². The molecule has 1 atom stereocenters. The highest BCUT2D eigenvalue weighted by molar-refractivity contribution is 7.88. The Balaban J connectivity index is 4.69. The number of rotatable bonds is 7. The number of ether oxygens (including phenoxy) is 1. The van der Waals surface area contributed by atoms with E-state index in [0.717, 1.165) is 12.8 Å². The summed E-state index contributed by atoms with van der Waals surface area (Å²) in [6.07, 6.45) is 3.03. The standard InChI is InChI=1S/C14H31NO3S/c1-9-12(11-18-13(2,3)4)10-14(5,6)15(7)19(8,16)17/h12H,9-11H2,1-8H3. The van der Waals surface area contributed by atoms with Crippen LogP contribution >= 0.6 is 0 Å². The third kappa shape index (κ3) is 7.28. The summed E-state index contributed by atoms with van der Waals surface area (Å²) in [5.74, 6) is 0.360. The molecule has 0 aromatic rings. The molecule has 1 unspecified atom stereocenters. The highest BCUT2D eigenvalue weighted by Crippen LogP contribution is 2.27. The smallest absolute Gasteiger partial charge is 0.211 e. The van der Waals surface area contributed by atoms with Gasteiger partial charge in [-0.15, -0.1) is 0 Å². The molecule has 4 nitrogen and oxygen atoms in total. The van der Waals surface area contributed by atoms with E-state index in [1.165, 1.54) is 10.6 Å². The maximum absolute atomic E-state index is 11.7. The number of nitrogens with zero attached hydrogens (tertiary/aromatic N) is 1. The molecule has 0 saturated heterocycles. The molecule has 0 aromatic carbocycles. The van der Waals surface area contributed by atoms with Gasteiger partial charge in [0.25, 0.3) is 0 Å². The number of sulfonamides is 1. The monoisotopic (exact) mass is 293 g/mol. The van der Waals surface area contributed by atoms with Crippen molar-refractivity contribution in [3.05, 3.63) is 0 Å². The zero-order chi connectivity index (χ0) is 15.5. The van der Waals surface area contributed by atoms with Gasteiger partial charge >= 0.3 is 0 Å². The van der Waals surface area contributed by atoms with E-state index in [2.05, 4.69) is 6.92 Å². The molecule has 19 heavy (non-hydrogen) atoms. The molecule has 0 aliphatic heterocycles. The molecule has 0 saturated carbocycles. The third-order valence-corrected chi connectivity index (χ3v) is 4.96. The van der Waals surface area contributed by atoms with E-state index < -0.39 is 15.6 Å². The van der Waals surface area contributed by atoms with Gasteiger partial charge in [-0.2, -0.15) is 4.31 Å². The zero-order valence-electron chi connectivity index (χ0n) is 13.8. The summed E-state index contributed by atoms with van der Waals surface area (Å²) in [4.78, 5) is 0. The van der Waals surface area contributed by atoms with Gasteiger partial charge in [-0.3, -0.25) is 0 Å². The van der Waals surface area contributed by atoms with Gasteiger partial charge < -0.3 is 4.74 Å². The second kappa shape index (κ2) is 6.55. The van der Waals surface area contributed by atoms with Crippen LogP contribution in [0.1, 0.15) is 54.4 Å². The second-order valence-electron chi connectivity index (χ2n) is 6.94. The van der Waals surface area contributed by atoms with Gasteiger partial charge in [0, 0.05) is 12.6 Å². The summed E-state index contributed by atoms with van der Waals surface area (Å²) >= 11 is 0. The molecular weight excluding hydrogens is 262 g/mol. The molecule has 0 amide bonds. The minimum atomic E-state index is -3.17. The first kappa shape index (κ1) is 18.9. The Morgan fingerprint density at radius 3 is 1.95 bits per heavy atom. The summed E-state index contributed by atoms with van der Waals surface area (Å²) in [5.41, 5.74) is -0.546. The largest absolute Gasteiger partial charge is 0.376 e. The van der Waals surface area contributed by atoms with E-state index in [-0.39, 0.29) is 5.60 Å². The van der Waals surface area contributed by atoms with Crippen LogP contribution in [0.15, 0.2) is 0 Å². The molecule has 5 heteroatoms. The summed E-state index contributed by atoms with van der Waals surface area (Å²) < 4.78 is 30.6. The number of hydrogen-bond acceptors (Lipinski definition) is 3. The van der Waals surface area contributed by atoms with E-state index in [1.54, 1.807) is 7.05 Å². The fraction of sp³-hybridized carbons (Fsp3) is 1.00. The molecule has 0 heterocycles. The van der Waals surface area contributed by atoms with Gasteiger partial charge in [0.1, 0.15) is 0 Å². The Kier molecular flexibility index (Phi) is 6.50. The minimum Gasteiger partial charge on any atom is -0.376 e. The molecular formula is C14H31NO3S. The average Bonchev–Trinajstić information content (AvgIpc) is 2.20. The Bertz CT molecular complexity index is 369. The van der Waals surface area contributed by atoms with Crippen molar-refractivity contribution in [1.82, 2.24) is 4.31 Å². The lowest BCUT2D eigenvalue weighted by molar-refractivity contribution is -0.0295.